The van der Waals surface area contributed by atoms with Gasteiger partial charge >= 0.3 is 0 Å². The molecule has 1 aliphatic rings. The van der Waals surface area contributed by atoms with E-state index in [1.807, 2.05) is 32.0 Å². The molecule has 0 aliphatic carbocycles. The summed E-state index contributed by atoms with van der Waals surface area (Å²) in [5, 5.41) is 2.77. The molecule has 0 spiro atoms. The van der Waals surface area contributed by atoms with Gasteiger partial charge in [0.2, 0.25) is 0 Å². The van der Waals surface area contributed by atoms with Crippen molar-refractivity contribution in [1.29, 1.82) is 0 Å². The predicted octanol–water partition coefficient (Wildman–Crippen LogP) is 2.71. The van der Waals surface area contributed by atoms with Crippen LogP contribution in [0.3, 0.4) is 0 Å². The minimum Gasteiger partial charge on any atom is -0.483 e. The van der Waals surface area contributed by atoms with E-state index >= 15 is 0 Å². The van der Waals surface area contributed by atoms with Crippen molar-refractivity contribution < 1.29 is 9.53 Å². The highest BCUT2D eigenvalue weighted by atomic mass is 16.5. The zero-order valence-corrected chi connectivity index (χ0v) is 14.1. The molecule has 3 rings (SSSR count). The smallest absolute Gasteiger partial charge is 0.263 e. The monoisotopic (exact) mass is 326 g/mol. The van der Waals surface area contributed by atoms with Crippen LogP contribution in [0.5, 0.6) is 5.75 Å². The number of hydrogen-bond donors (Lipinski definition) is 1. The normalized spacial score (nSPS) is 13.8. The Balaban J connectivity index is 1.58. The van der Waals surface area contributed by atoms with E-state index in [0.717, 1.165) is 35.8 Å². The summed E-state index contributed by atoms with van der Waals surface area (Å²) in [6.45, 7) is 5.95. The number of anilines is 2. The second-order valence-electron chi connectivity index (χ2n) is 5.99. The van der Waals surface area contributed by atoms with Crippen molar-refractivity contribution in [1.82, 2.24) is 9.97 Å². The highest BCUT2D eigenvalue weighted by Gasteiger charge is 2.15. The van der Waals surface area contributed by atoms with Crippen molar-refractivity contribution in [3.05, 3.63) is 41.7 Å². The molecule has 6 heteroatoms. The van der Waals surface area contributed by atoms with Crippen LogP contribution in [0.15, 0.2) is 30.6 Å². The average molecular weight is 326 g/mol. The summed E-state index contributed by atoms with van der Waals surface area (Å²) in [4.78, 5) is 22.7. The van der Waals surface area contributed by atoms with E-state index in [1.165, 1.54) is 19.2 Å². The van der Waals surface area contributed by atoms with Crippen molar-refractivity contribution in [2.45, 2.75) is 26.7 Å². The van der Waals surface area contributed by atoms with Crippen molar-refractivity contribution in [3.63, 3.8) is 0 Å². The molecule has 0 atom stereocenters. The van der Waals surface area contributed by atoms with Gasteiger partial charge < -0.3 is 15.0 Å². The topological polar surface area (TPSA) is 67.3 Å². The van der Waals surface area contributed by atoms with Crippen LogP contribution >= 0.6 is 0 Å². The molecular weight excluding hydrogens is 304 g/mol. The molecule has 1 aromatic carbocycles. The van der Waals surface area contributed by atoms with Gasteiger partial charge in [-0.2, -0.15) is 0 Å². The Kier molecular flexibility index (Phi) is 4.93. The van der Waals surface area contributed by atoms with Crippen LogP contribution in [-0.4, -0.2) is 35.6 Å². The van der Waals surface area contributed by atoms with Gasteiger partial charge in [-0.05, 0) is 43.9 Å². The standard InChI is InChI=1S/C18H22N4O2/c1-13-6-5-7-15(14(13)2)24-11-18(23)21-16-10-17(20-12-19-16)22-8-3-4-9-22/h5-7,10,12H,3-4,8-9,11H2,1-2H3,(H,19,20,21,23). The fourth-order valence-electron chi connectivity index (χ4n) is 2.74. The van der Waals surface area contributed by atoms with Gasteiger partial charge in [-0.15, -0.1) is 0 Å². The molecule has 126 valence electrons. The number of carbonyl (C=O) groups excluding carboxylic acids is 1. The Bertz CT molecular complexity index is 727. The number of rotatable bonds is 5. The number of amides is 1. The number of nitrogens with zero attached hydrogens (tertiary/aromatic N) is 3. The molecule has 0 radical (unpaired) electrons. The number of aromatic nitrogens is 2. The molecule has 0 bridgehead atoms. The number of benzene rings is 1. The van der Waals surface area contributed by atoms with Gasteiger partial charge in [-0.25, -0.2) is 9.97 Å². The van der Waals surface area contributed by atoms with Gasteiger partial charge in [0, 0.05) is 19.2 Å². The van der Waals surface area contributed by atoms with Gasteiger partial charge in [-0.3, -0.25) is 4.79 Å². The fraction of sp³-hybridized carbons (Fsp3) is 0.389. The van der Waals surface area contributed by atoms with Crippen LogP contribution in [-0.2, 0) is 4.79 Å². The van der Waals surface area contributed by atoms with Crippen LogP contribution in [0.4, 0.5) is 11.6 Å². The molecule has 2 aromatic rings. The lowest BCUT2D eigenvalue weighted by atomic mass is 10.1. The minimum absolute atomic E-state index is 0.0483. The summed E-state index contributed by atoms with van der Waals surface area (Å²) < 4.78 is 5.62. The molecule has 1 fully saturated rings. The number of ether oxygens (including phenoxy) is 1. The molecule has 6 nitrogen and oxygen atoms in total. The Morgan fingerprint density at radius 2 is 2.04 bits per heavy atom. The molecule has 2 heterocycles. The van der Waals surface area contributed by atoms with Crippen LogP contribution in [0.1, 0.15) is 24.0 Å². The van der Waals surface area contributed by atoms with Gasteiger partial charge in [0.25, 0.3) is 5.91 Å². The third kappa shape index (κ3) is 3.82. The first kappa shape index (κ1) is 16.2. The lowest BCUT2D eigenvalue weighted by molar-refractivity contribution is -0.118. The van der Waals surface area contributed by atoms with Gasteiger partial charge in [0.15, 0.2) is 6.61 Å². The summed E-state index contributed by atoms with van der Waals surface area (Å²) in [7, 11) is 0. The van der Waals surface area contributed by atoms with E-state index in [0.29, 0.717) is 5.82 Å². The zero-order valence-electron chi connectivity index (χ0n) is 14.1. The van der Waals surface area contributed by atoms with Crippen LogP contribution in [0.2, 0.25) is 0 Å². The molecule has 1 aromatic heterocycles. The second kappa shape index (κ2) is 7.29. The van der Waals surface area contributed by atoms with Gasteiger partial charge in [0.05, 0.1) is 0 Å². The van der Waals surface area contributed by atoms with Gasteiger partial charge in [0.1, 0.15) is 23.7 Å². The number of aryl methyl sites for hydroxylation is 1. The van der Waals surface area contributed by atoms with Crippen LogP contribution in [0, 0.1) is 13.8 Å². The van der Waals surface area contributed by atoms with Crippen molar-refractivity contribution in [2.24, 2.45) is 0 Å². The molecule has 0 unspecified atom stereocenters. The quantitative estimate of drug-likeness (QED) is 0.915. The Hall–Kier alpha value is -2.63. The maximum atomic E-state index is 12.1. The molecular formula is C18H22N4O2. The molecule has 1 N–H and O–H groups in total. The highest BCUT2D eigenvalue weighted by Crippen LogP contribution is 2.21. The first-order valence-corrected chi connectivity index (χ1v) is 8.19. The number of nitrogens with one attached hydrogen (secondary N) is 1. The average Bonchev–Trinajstić information content (AvgIpc) is 3.11. The van der Waals surface area contributed by atoms with Crippen molar-refractivity contribution >= 4 is 17.5 Å². The van der Waals surface area contributed by atoms with Gasteiger partial charge in [-0.1, -0.05) is 12.1 Å². The molecule has 24 heavy (non-hydrogen) atoms. The second-order valence-corrected chi connectivity index (χ2v) is 5.99. The van der Waals surface area contributed by atoms with E-state index in [-0.39, 0.29) is 12.5 Å². The van der Waals surface area contributed by atoms with Crippen molar-refractivity contribution in [2.75, 3.05) is 29.9 Å². The maximum absolute atomic E-state index is 12.1. The third-order valence-corrected chi connectivity index (χ3v) is 4.26. The lowest BCUT2D eigenvalue weighted by Gasteiger charge is -2.16. The van der Waals surface area contributed by atoms with Crippen LogP contribution < -0.4 is 15.0 Å². The SMILES string of the molecule is Cc1cccc(OCC(=O)Nc2cc(N3CCCC3)ncn2)c1C. The lowest BCUT2D eigenvalue weighted by Crippen LogP contribution is -2.22. The third-order valence-electron chi connectivity index (χ3n) is 4.26. The zero-order chi connectivity index (χ0) is 16.9. The molecule has 1 aliphatic heterocycles. The summed E-state index contributed by atoms with van der Waals surface area (Å²) in [6, 6.07) is 7.61. The van der Waals surface area contributed by atoms with E-state index in [9.17, 15) is 4.79 Å². The highest BCUT2D eigenvalue weighted by molar-refractivity contribution is 5.91. The Morgan fingerprint density at radius 3 is 2.83 bits per heavy atom. The summed E-state index contributed by atoms with van der Waals surface area (Å²) >= 11 is 0. The van der Waals surface area contributed by atoms with E-state index in [4.69, 9.17) is 4.74 Å². The number of hydrogen-bond acceptors (Lipinski definition) is 5. The fourth-order valence-corrected chi connectivity index (χ4v) is 2.74. The Labute approximate surface area is 141 Å². The van der Waals surface area contributed by atoms with Crippen LogP contribution in [0.25, 0.3) is 0 Å². The van der Waals surface area contributed by atoms with Crippen molar-refractivity contribution in [3.8, 4) is 5.75 Å². The van der Waals surface area contributed by atoms with E-state index in [1.54, 1.807) is 6.07 Å². The first-order valence-electron chi connectivity index (χ1n) is 8.19. The molecule has 1 saturated heterocycles. The largest absolute Gasteiger partial charge is 0.483 e. The number of carbonyl (C=O) groups is 1. The summed E-state index contributed by atoms with van der Waals surface area (Å²) in [5.41, 5.74) is 2.18. The summed E-state index contributed by atoms with van der Waals surface area (Å²) in [6.07, 6.45) is 3.83. The molecule has 1 amide bonds. The minimum atomic E-state index is -0.234. The first-order chi connectivity index (χ1) is 11.6. The van der Waals surface area contributed by atoms with E-state index < -0.39 is 0 Å². The Morgan fingerprint density at radius 1 is 1.25 bits per heavy atom. The maximum Gasteiger partial charge on any atom is 0.263 e. The summed E-state index contributed by atoms with van der Waals surface area (Å²) in [5.74, 6) is 1.85. The molecule has 0 saturated carbocycles. The van der Waals surface area contributed by atoms with E-state index in [2.05, 4.69) is 20.2 Å². The predicted molar refractivity (Wildman–Crippen MR) is 93.5 cm³/mol.